The number of hydrogen-bond donors (Lipinski definition) is 0. The van der Waals surface area contributed by atoms with Gasteiger partial charge in [-0.3, -0.25) is 24.6 Å². The maximum absolute atomic E-state index is 12.1. The average Bonchev–Trinajstić information content (AvgIpc) is 2.61. The number of fused-ring (bicyclic) bond motifs is 1. The molecule has 6 heteroatoms. The van der Waals surface area contributed by atoms with E-state index in [-0.39, 0.29) is 28.8 Å². The number of nitrogens with zero attached hydrogens (tertiary/aromatic N) is 2. The van der Waals surface area contributed by atoms with Crippen LogP contribution >= 0.6 is 0 Å². The zero-order chi connectivity index (χ0) is 13.4. The predicted molar refractivity (Wildman–Crippen MR) is 63.3 cm³/mol. The van der Waals surface area contributed by atoms with Gasteiger partial charge in [-0.2, -0.15) is 0 Å². The molecule has 1 atom stereocenters. The average molecular weight is 248 g/mol. The largest absolute Gasteiger partial charge is 0.272 e. The second kappa shape index (κ2) is 4.21. The summed E-state index contributed by atoms with van der Waals surface area (Å²) in [6.07, 6.45) is 0.646. The lowest BCUT2D eigenvalue weighted by Crippen LogP contribution is -2.37. The lowest BCUT2D eigenvalue weighted by atomic mass is 10.1. The second-order valence-corrected chi connectivity index (χ2v) is 4.22. The first-order valence-electron chi connectivity index (χ1n) is 5.63. The molecule has 2 amide bonds. The van der Waals surface area contributed by atoms with Crippen molar-refractivity contribution in [3.05, 3.63) is 39.4 Å². The Morgan fingerprint density at radius 2 is 1.89 bits per heavy atom. The highest BCUT2D eigenvalue weighted by atomic mass is 16.6. The third-order valence-corrected chi connectivity index (χ3v) is 3.14. The van der Waals surface area contributed by atoms with Crippen molar-refractivity contribution in [2.75, 3.05) is 0 Å². The van der Waals surface area contributed by atoms with Gasteiger partial charge in [-0.05, 0) is 19.4 Å². The van der Waals surface area contributed by atoms with Gasteiger partial charge in [-0.25, -0.2) is 0 Å². The highest BCUT2D eigenvalue weighted by molar-refractivity contribution is 6.21. The molecule has 18 heavy (non-hydrogen) atoms. The molecule has 0 fully saturated rings. The number of nitro groups is 1. The molecule has 1 aromatic rings. The van der Waals surface area contributed by atoms with Crippen LogP contribution in [0.2, 0.25) is 0 Å². The Hall–Kier alpha value is -2.24. The summed E-state index contributed by atoms with van der Waals surface area (Å²) in [7, 11) is 0. The molecule has 1 aliphatic rings. The molecule has 94 valence electrons. The molecular formula is C12H12N2O4. The van der Waals surface area contributed by atoms with E-state index in [1.54, 1.807) is 6.92 Å². The molecule has 0 bridgehead atoms. The molecule has 0 aromatic heterocycles. The standard InChI is InChI=1S/C12H12N2O4/c1-3-7(2)13-11(15)9-5-4-8(14(17)18)6-10(9)12(13)16/h4-7H,3H2,1-2H3/t7-/m1/s1. The van der Waals surface area contributed by atoms with Crippen LogP contribution in [0.1, 0.15) is 41.0 Å². The minimum absolute atomic E-state index is 0.120. The van der Waals surface area contributed by atoms with Crippen LogP contribution in [0.15, 0.2) is 18.2 Å². The third-order valence-electron chi connectivity index (χ3n) is 3.14. The fraction of sp³-hybridized carbons (Fsp3) is 0.333. The Morgan fingerprint density at radius 3 is 2.44 bits per heavy atom. The summed E-state index contributed by atoms with van der Waals surface area (Å²) in [6, 6.07) is 3.54. The number of hydrogen-bond acceptors (Lipinski definition) is 4. The normalized spacial score (nSPS) is 15.8. The van der Waals surface area contributed by atoms with E-state index in [2.05, 4.69) is 0 Å². The Labute approximate surface area is 103 Å². The maximum atomic E-state index is 12.1. The van der Waals surface area contributed by atoms with E-state index in [1.807, 2.05) is 6.92 Å². The molecule has 2 rings (SSSR count). The molecule has 0 saturated heterocycles. The summed E-state index contributed by atoms with van der Waals surface area (Å²) in [5.74, 6) is -0.827. The summed E-state index contributed by atoms with van der Waals surface area (Å²) in [5, 5.41) is 10.7. The molecule has 6 nitrogen and oxygen atoms in total. The van der Waals surface area contributed by atoms with Crippen LogP contribution in [0.5, 0.6) is 0 Å². The smallest absolute Gasteiger partial charge is 0.270 e. The topological polar surface area (TPSA) is 80.5 Å². The van der Waals surface area contributed by atoms with Crippen molar-refractivity contribution in [1.29, 1.82) is 0 Å². The van der Waals surface area contributed by atoms with Gasteiger partial charge in [0.1, 0.15) is 0 Å². The van der Waals surface area contributed by atoms with Crippen molar-refractivity contribution in [3.63, 3.8) is 0 Å². The minimum atomic E-state index is -0.579. The highest BCUT2D eigenvalue weighted by Gasteiger charge is 2.38. The van der Waals surface area contributed by atoms with Crippen molar-refractivity contribution in [3.8, 4) is 0 Å². The molecule has 1 heterocycles. The van der Waals surface area contributed by atoms with Gasteiger partial charge in [-0.15, -0.1) is 0 Å². The Kier molecular flexibility index (Phi) is 2.86. The first-order chi connectivity index (χ1) is 8.47. The summed E-state index contributed by atoms with van der Waals surface area (Å²) in [4.78, 5) is 35.3. The fourth-order valence-electron chi connectivity index (χ4n) is 1.94. The van der Waals surface area contributed by atoms with Gasteiger partial charge in [0.25, 0.3) is 17.5 Å². The van der Waals surface area contributed by atoms with E-state index in [9.17, 15) is 19.7 Å². The van der Waals surface area contributed by atoms with E-state index >= 15 is 0 Å². The van der Waals surface area contributed by atoms with Crippen LogP contribution < -0.4 is 0 Å². The van der Waals surface area contributed by atoms with Gasteiger partial charge in [0.05, 0.1) is 16.1 Å². The zero-order valence-corrected chi connectivity index (χ0v) is 10.0. The number of benzene rings is 1. The Morgan fingerprint density at radius 1 is 1.28 bits per heavy atom. The van der Waals surface area contributed by atoms with Crippen molar-refractivity contribution in [2.24, 2.45) is 0 Å². The number of non-ortho nitro benzene ring substituents is 1. The lowest BCUT2D eigenvalue weighted by molar-refractivity contribution is -0.384. The first-order valence-corrected chi connectivity index (χ1v) is 5.63. The number of carbonyl (C=O) groups is 2. The third kappa shape index (κ3) is 1.66. The van der Waals surface area contributed by atoms with Crippen molar-refractivity contribution in [2.45, 2.75) is 26.3 Å². The van der Waals surface area contributed by atoms with Crippen molar-refractivity contribution < 1.29 is 14.5 Å². The van der Waals surface area contributed by atoms with Crippen LogP contribution in [-0.2, 0) is 0 Å². The predicted octanol–water partition coefficient (Wildman–Crippen LogP) is 1.99. The highest BCUT2D eigenvalue weighted by Crippen LogP contribution is 2.28. The second-order valence-electron chi connectivity index (χ2n) is 4.22. The molecule has 1 aliphatic heterocycles. The lowest BCUT2D eigenvalue weighted by Gasteiger charge is -2.20. The summed E-state index contributed by atoms with van der Waals surface area (Å²) in [5.41, 5.74) is 0.182. The first kappa shape index (κ1) is 12.2. The van der Waals surface area contributed by atoms with Crippen LogP contribution in [-0.4, -0.2) is 27.7 Å². The van der Waals surface area contributed by atoms with Gasteiger partial charge in [0.15, 0.2) is 0 Å². The van der Waals surface area contributed by atoms with E-state index in [4.69, 9.17) is 0 Å². The molecular weight excluding hydrogens is 236 g/mol. The van der Waals surface area contributed by atoms with Gasteiger partial charge in [0.2, 0.25) is 0 Å². The van der Waals surface area contributed by atoms with Crippen LogP contribution in [0.3, 0.4) is 0 Å². The van der Waals surface area contributed by atoms with Gasteiger partial charge in [-0.1, -0.05) is 6.92 Å². The quantitative estimate of drug-likeness (QED) is 0.465. The number of carbonyl (C=O) groups excluding carboxylic acids is 2. The zero-order valence-electron chi connectivity index (χ0n) is 10.0. The molecule has 0 N–H and O–H groups in total. The van der Waals surface area contributed by atoms with Crippen LogP contribution in [0.25, 0.3) is 0 Å². The molecule has 0 spiro atoms. The molecule has 0 aliphatic carbocycles. The van der Waals surface area contributed by atoms with Gasteiger partial charge in [0, 0.05) is 18.2 Å². The molecule has 0 unspecified atom stereocenters. The summed E-state index contributed by atoms with van der Waals surface area (Å²) < 4.78 is 0. The van der Waals surface area contributed by atoms with Gasteiger partial charge < -0.3 is 0 Å². The molecule has 1 aromatic carbocycles. The number of rotatable bonds is 3. The fourth-order valence-corrected chi connectivity index (χ4v) is 1.94. The van der Waals surface area contributed by atoms with Gasteiger partial charge >= 0.3 is 0 Å². The summed E-state index contributed by atoms with van der Waals surface area (Å²) >= 11 is 0. The van der Waals surface area contributed by atoms with E-state index in [1.165, 1.54) is 12.1 Å². The maximum Gasteiger partial charge on any atom is 0.270 e. The van der Waals surface area contributed by atoms with E-state index in [0.717, 1.165) is 11.0 Å². The van der Waals surface area contributed by atoms with Crippen molar-refractivity contribution in [1.82, 2.24) is 4.90 Å². The SMILES string of the molecule is CC[C@@H](C)N1C(=O)c2ccc([N+](=O)[O-])cc2C1=O. The Bertz CT molecular complexity index is 553. The Balaban J connectivity index is 2.49. The van der Waals surface area contributed by atoms with Crippen LogP contribution in [0, 0.1) is 10.1 Å². The van der Waals surface area contributed by atoms with Crippen LogP contribution in [0.4, 0.5) is 5.69 Å². The van der Waals surface area contributed by atoms with E-state index < -0.39 is 10.8 Å². The number of imide groups is 1. The summed E-state index contributed by atoms with van der Waals surface area (Å²) in [6.45, 7) is 3.65. The minimum Gasteiger partial charge on any atom is -0.272 e. The molecule has 0 saturated carbocycles. The number of nitro benzene ring substituents is 1. The monoisotopic (exact) mass is 248 g/mol. The van der Waals surface area contributed by atoms with Crippen molar-refractivity contribution >= 4 is 17.5 Å². The number of amides is 2. The molecule has 0 radical (unpaired) electrons. The van der Waals surface area contributed by atoms with E-state index in [0.29, 0.717) is 6.42 Å².